The highest BCUT2D eigenvalue weighted by atomic mass is 15.2. The minimum absolute atomic E-state index is 0.0713. The maximum absolute atomic E-state index is 4.90. The number of hydrogen-bond acceptors (Lipinski definition) is 2. The zero-order valence-corrected chi connectivity index (χ0v) is 17.0. The molecular formula is C28H20N2. The first kappa shape index (κ1) is 16.2. The number of fused-ring (bicyclic) bond motifs is 6. The summed E-state index contributed by atoms with van der Waals surface area (Å²) in [6.07, 6.45) is 1.95. The highest BCUT2D eigenvalue weighted by molar-refractivity contribution is 6.16. The lowest BCUT2D eigenvalue weighted by atomic mass is 9.71. The average molecular weight is 384 g/mol. The molecule has 0 bridgehead atoms. The molecule has 0 N–H and O–H groups in total. The smallest absolute Gasteiger partial charge is 0.0822 e. The standard InChI is InChI=1S/C28H20N2/c1-28(2)21-9-5-6-10-23(21)30-24-16-19-8-4-3-7-18(19)15-20(24)26-25-17(13-14-29-26)11-12-22(28)27(25)30/h3-16H,1-2H3. The first-order chi connectivity index (χ1) is 14.6. The van der Waals surface area contributed by atoms with Gasteiger partial charge in [0.05, 0.1) is 22.8 Å². The minimum atomic E-state index is -0.0713. The molecule has 0 aliphatic carbocycles. The molecule has 0 amide bonds. The van der Waals surface area contributed by atoms with Gasteiger partial charge in [-0.15, -0.1) is 0 Å². The summed E-state index contributed by atoms with van der Waals surface area (Å²) in [5.41, 5.74) is 8.74. The Labute approximate surface area is 175 Å². The zero-order valence-electron chi connectivity index (χ0n) is 17.0. The van der Waals surface area contributed by atoms with Crippen LogP contribution in [0.1, 0.15) is 25.0 Å². The van der Waals surface area contributed by atoms with E-state index in [-0.39, 0.29) is 5.41 Å². The molecule has 0 saturated heterocycles. The Balaban J connectivity index is 1.74. The van der Waals surface area contributed by atoms with Gasteiger partial charge in [-0.25, -0.2) is 0 Å². The highest BCUT2D eigenvalue weighted by Crippen LogP contribution is 2.59. The SMILES string of the molecule is CC1(C)c2ccccc2N2c3cc4ccccc4cc3-c3nccc4ccc1c2c34. The second kappa shape index (κ2) is 5.28. The molecule has 2 aliphatic rings. The van der Waals surface area contributed by atoms with E-state index in [2.05, 4.69) is 97.6 Å². The predicted octanol–water partition coefficient (Wildman–Crippen LogP) is 7.48. The second-order valence-electron chi connectivity index (χ2n) is 8.91. The van der Waals surface area contributed by atoms with Crippen molar-refractivity contribution in [3.05, 3.63) is 96.2 Å². The third kappa shape index (κ3) is 1.82. The van der Waals surface area contributed by atoms with Crippen molar-refractivity contribution in [3.63, 3.8) is 0 Å². The van der Waals surface area contributed by atoms with Crippen LogP contribution in [0.3, 0.4) is 0 Å². The van der Waals surface area contributed by atoms with Gasteiger partial charge in [-0.1, -0.05) is 68.4 Å². The average Bonchev–Trinajstić information content (AvgIpc) is 2.78. The Morgan fingerprint density at radius 1 is 0.700 bits per heavy atom. The molecule has 0 spiro atoms. The summed E-state index contributed by atoms with van der Waals surface area (Å²) in [4.78, 5) is 7.38. The molecule has 0 fully saturated rings. The molecule has 4 aromatic carbocycles. The van der Waals surface area contributed by atoms with Gasteiger partial charge in [0.2, 0.25) is 0 Å². The van der Waals surface area contributed by atoms with Crippen LogP contribution >= 0.6 is 0 Å². The van der Waals surface area contributed by atoms with E-state index in [1.165, 1.54) is 55.3 Å². The van der Waals surface area contributed by atoms with E-state index in [1.54, 1.807) is 0 Å². The fourth-order valence-electron chi connectivity index (χ4n) is 5.51. The monoisotopic (exact) mass is 384 g/mol. The summed E-state index contributed by atoms with van der Waals surface area (Å²) < 4.78 is 0. The fourth-order valence-corrected chi connectivity index (χ4v) is 5.51. The van der Waals surface area contributed by atoms with Gasteiger partial charge in [0, 0.05) is 22.6 Å². The van der Waals surface area contributed by atoms with Gasteiger partial charge >= 0.3 is 0 Å². The number of pyridine rings is 1. The fraction of sp³-hybridized carbons (Fsp3) is 0.107. The number of anilines is 3. The lowest BCUT2D eigenvalue weighted by molar-refractivity contribution is 0.633. The minimum Gasteiger partial charge on any atom is -0.308 e. The van der Waals surface area contributed by atoms with E-state index < -0.39 is 0 Å². The van der Waals surface area contributed by atoms with Crippen molar-refractivity contribution in [2.24, 2.45) is 0 Å². The number of nitrogens with zero attached hydrogens (tertiary/aromatic N) is 2. The summed E-state index contributed by atoms with van der Waals surface area (Å²) in [5, 5.41) is 5.02. The van der Waals surface area contributed by atoms with Crippen molar-refractivity contribution in [1.82, 2.24) is 4.98 Å². The maximum atomic E-state index is 4.90. The summed E-state index contributed by atoms with van der Waals surface area (Å²) >= 11 is 0. The number of aromatic nitrogens is 1. The molecule has 1 aromatic heterocycles. The van der Waals surface area contributed by atoms with Crippen LogP contribution in [0.15, 0.2) is 85.1 Å². The van der Waals surface area contributed by atoms with Crippen molar-refractivity contribution in [2.75, 3.05) is 4.90 Å². The molecule has 0 radical (unpaired) electrons. The maximum Gasteiger partial charge on any atom is 0.0822 e. The molecular weight excluding hydrogens is 364 g/mol. The quantitative estimate of drug-likeness (QED) is 0.270. The Hall–Kier alpha value is -3.65. The summed E-state index contributed by atoms with van der Waals surface area (Å²) in [7, 11) is 0. The van der Waals surface area contributed by atoms with Gasteiger partial charge in [0.1, 0.15) is 0 Å². The third-order valence-corrected chi connectivity index (χ3v) is 6.98. The normalized spacial score (nSPS) is 15.2. The van der Waals surface area contributed by atoms with Gasteiger partial charge in [-0.05, 0) is 51.6 Å². The van der Waals surface area contributed by atoms with E-state index in [1.807, 2.05) is 6.20 Å². The Bertz CT molecular complexity index is 1530. The van der Waals surface area contributed by atoms with Crippen LogP contribution in [0.4, 0.5) is 17.1 Å². The second-order valence-corrected chi connectivity index (χ2v) is 8.91. The van der Waals surface area contributed by atoms with Crippen LogP contribution in [0.25, 0.3) is 32.8 Å². The van der Waals surface area contributed by atoms with Gasteiger partial charge in [0.15, 0.2) is 0 Å². The van der Waals surface area contributed by atoms with Gasteiger partial charge in [-0.2, -0.15) is 0 Å². The van der Waals surface area contributed by atoms with Gasteiger partial charge in [0.25, 0.3) is 0 Å². The Morgan fingerprint density at radius 3 is 2.33 bits per heavy atom. The topological polar surface area (TPSA) is 16.1 Å². The van der Waals surface area contributed by atoms with Crippen molar-refractivity contribution >= 4 is 38.6 Å². The summed E-state index contributed by atoms with van der Waals surface area (Å²) in [6, 6.07) is 28.8. The van der Waals surface area contributed by atoms with Crippen molar-refractivity contribution in [2.45, 2.75) is 19.3 Å². The molecule has 0 atom stereocenters. The van der Waals surface area contributed by atoms with Crippen molar-refractivity contribution in [3.8, 4) is 11.3 Å². The van der Waals surface area contributed by atoms with Crippen LogP contribution in [0, 0.1) is 0 Å². The number of hydrogen-bond donors (Lipinski definition) is 0. The largest absolute Gasteiger partial charge is 0.308 e. The van der Waals surface area contributed by atoms with Crippen LogP contribution in [-0.4, -0.2) is 4.98 Å². The molecule has 0 unspecified atom stereocenters. The molecule has 2 heteroatoms. The van der Waals surface area contributed by atoms with E-state index in [0.717, 1.165) is 5.69 Å². The van der Waals surface area contributed by atoms with Gasteiger partial charge in [-0.3, -0.25) is 4.98 Å². The van der Waals surface area contributed by atoms with Crippen LogP contribution in [-0.2, 0) is 5.41 Å². The van der Waals surface area contributed by atoms with Crippen molar-refractivity contribution < 1.29 is 0 Å². The first-order valence-corrected chi connectivity index (χ1v) is 10.5. The zero-order chi connectivity index (χ0) is 20.0. The molecule has 5 aromatic rings. The lowest BCUT2D eigenvalue weighted by Crippen LogP contribution is -2.32. The third-order valence-electron chi connectivity index (χ3n) is 6.98. The number of benzene rings is 4. The van der Waals surface area contributed by atoms with E-state index in [0.29, 0.717) is 0 Å². The molecule has 2 nitrogen and oxygen atoms in total. The summed E-state index contributed by atoms with van der Waals surface area (Å²) in [5.74, 6) is 0. The Kier molecular flexibility index (Phi) is 2.85. The molecule has 30 heavy (non-hydrogen) atoms. The molecule has 142 valence electrons. The number of rotatable bonds is 0. The van der Waals surface area contributed by atoms with E-state index in [9.17, 15) is 0 Å². The van der Waals surface area contributed by atoms with Crippen LogP contribution in [0.5, 0.6) is 0 Å². The summed E-state index contributed by atoms with van der Waals surface area (Å²) in [6.45, 7) is 4.68. The van der Waals surface area contributed by atoms with Crippen LogP contribution < -0.4 is 4.90 Å². The molecule has 2 aliphatic heterocycles. The van der Waals surface area contributed by atoms with E-state index >= 15 is 0 Å². The van der Waals surface area contributed by atoms with Crippen molar-refractivity contribution in [1.29, 1.82) is 0 Å². The van der Waals surface area contributed by atoms with E-state index in [4.69, 9.17) is 4.98 Å². The highest BCUT2D eigenvalue weighted by Gasteiger charge is 2.40. The molecule has 3 heterocycles. The van der Waals surface area contributed by atoms with Crippen LogP contribution in [0.2, 0.25) is 0 Å². The first-order valence-electron chi connectivity index (χ1n) is 10.5. The molecule has 7 rings (SSSR count). The molecule has 0 saturated carbocycles. The number of para-hydroxylation sites is 1. The predicted molar refractivity (Wildman–Crippen MR) is 125 cm³/mol. The lowest BCUT2D eigenvalue weighted by Gasteiger charge is -2.45. The van der Waals surface area contributed by atoms with Gasteiger partial charge < -0.3 is 4.90 Å². The Morgan fingerprint density at radius 2 is 1.47 bits per heavy atom.